The number of hydrogen-bond donors (Lipinski definition) is 1. The summed E-state index contributed by atoms with van der Waals surface area (Å²) in [5, 5.41) is 3.45. The number of rotatable bonds is 3. The Morgan fingerprint density at radius 1 is 0.969 bits per heavy atom. The molecule has 1 aromatic carbocycles. The van der Waals surface area contributed by atoms with Crippen LogP contribution in [0.15, 0.2) is 18.2 Å². The fourth-order valence-corrected chi connectivity index (χ4v) is 8.87. The van der Waals surface area contributed by atoms with E-state index in [9.17, 15) is 4.79 Å². The van der Waals surface area contributed by atoms with E-state index in [1.807, 2.05) is 0 Å². The van der Waals surface area contributed by atoms with Gasteiger partial charge >= 0.3 is 6.09 Å². The molecule has 0 radical (unpaired) electrons. The topological polar surface area (TPSA) is 44.8 Å². The highest BCUT2D eigenvalue weighted by Gasteiger charge is 2.52. The highest BCUT2D eigenvalue weighted by Crippen LogP contribution is 2.60. The van der Waals surface area contributed by atoms with Crippen molar-refractivity contribution in [1.82, 2.24) is 10.2 Å². The van der Waals surface area contributed by atoms with Crippen LogP contribution in [0.3, 0.4) is 0 Å². The summed E-state index contributed by atoms with van der Waals surface area (Å²) in [4.78, 5) is 17.9. The molecular weight excluding hydrogens is 398 g/mol. The highest BCUT2D eigenvalue weighted by molar-refractivity contribution is 5.70. The van der Waals surface area contributed by atoms with Gasteiger partial charge in [-0.3, -0.25) is 0 Å². The molecule has 6 bridgehead atoms. The van der Waals surface area contributed by atoms with Crippen molar-refractivity contribution in [3.63, 3.8) is 0 Å². The number of nitrogens with one attached hydrogen (secondary N) is 1. The fourth-order valence-electron chi connectivity index (χ4n) is 8.87. The predicted octanol–water partition coefficient (Wildman–Crippen LogP) is 4.68. The molecule has 4 saturated carbocycles. The number of carbonyl (C=O) groups excluding carboxylic acids is 1. The number of ether oxygens (including phenoxy) is 1. The van der Waals surface area contributed by atoms with Crippen molar-refractivity contribution in [2.24, 2.45) is 23.2 Å². The minimum absolute atomic E-state index is 0.0513. The maximum absolute atomic E-state index is 13.4. The largest absolute Gasteiger partial charge is 0.449 e. The summed E-state index contributed by atoms with van der Waals surface area (Å²) in [5.74, 6) is 3.32. The molecule has 0 aromatic heterocycles. The molecular formula is C27H37N3O2. The van der Waals surface area contributed by atoms with Gasteiger partial charge in [0.1, 0.15) is 0 Å². The lowest BCUT2D eigenvalue weighted by Crippen LogP contribution is -2.49. The Morgan fingerprint density at radius 3 is 2.41 bits per heavy atom. The molecule has 7 aliphatic rings. The van der Waals surface area contributed by atoms with Crippen LogP contribution in [0.5, 0.6) is 0 Å². The van der Waals surface area contributed by atoms with E-state index >= 15 is 0 Å². The van der Waals surface area contributed by atoms with E-state index in [0.717, 1.165) is 63.3 Å². The van der Waals surface area contributed by atoms with Crippen molar-refractivity contribution in [1.29, 1.82) is 0 Å². The zero-order valence-electron chi connectivity index (χ0n) is 19.2. The second-order valence-electron chi connectivity index (χ2n) is 12.0. The summed E-state index contributed by atoms with van der Waals surface area (Å²) in [6.07, 6.45) is 10.3. The molecule has 5 nitrogen and oxygen atoms in total. The van der Waals surface area contributed by atoms with E-state index in [1.54, 1.807) is 0 Å². The average molecular weight is 436 g/mol. The van der Waals surface area contributed by atoms with Gasteiger partial charge in [0.2, 0.25) is 0 Å². The van der Waals surface area contributed by atoms with Crippen LogP contribution in [0.4, 0.5) is 10.5 Å². The van der Waals surface area contributed by atoms with Crippen molar-refractivity contribution in [3.8, 4) is 0 Å². The summed E-state index contributed by atoms with van der Waals surface area (Å²) in [6.45, 7) is 5.72. The zero-order valence-corrected chi connectivity index (χ0v) is 19.2. The molecule has 8 rings (SSSR count). The number of benzene rings is 1. The van der Waals surface area contributed by atoms with Crippen LogP contribution in [0.2, 0.25) is 0 Å². The Kier molecular flexibility index (Phi) is 4.54. The van der Waals surface area contributed by atoms with Gasteiger partial charge in [0.25, 0.3) is 0 Å². The lowest BCUT2D eigenvalue weighted by Gasteiger charge is -2.56. The van der Waals surface area contributed by atoms with Crippen LogP contribution < -0.4 is 10.2 Å². The van der Waals surface area contributed by atoms with E-state index in [0.29, 0.717) is 17.9 Å². The van der Waals surface area contributed by atoms with E-state index < -0.39 is 0 Å². The summed E-state index contributed by atoms with van der Waals surface area (Å²) in [5.41, 5.74) is 4.48. The molecule has 1 N–H and O–H groups in total. The normalized spacial score (nSPS) is 39.3. The van der Waals surface area contributed by atoms with Crippen molar-refractivity contribution >= 4 is 11.8 Å². The summed E-state index contributed by atoms with van der Waals surface area (Å²) in [7, 11) is 0. The number of piperazine rings is 1. The first-order chi connectivity index (χ1) is 15.7. The van der Waals surface area contributed by atoms with Gasteiger partial charge in [-0.05, 0) is 98.3 Å². The standard InChI is InChI=1S/C27H37N3O2/c31-26(32-17-27-14-18-9-19(15-27)11-20(10-18)16-27)30-6-3-21-12-25(30)24-13-22(1-2-23(21)24)29-7-4-28-5-8-29/h1-2,13,18-21,25,28H,3-12,14-17H2. The van der Waals surface area contributed by atoms with Gasteiger partial charge in [0.05, 0.1) is 12.6 Å². The lowest BCUT2D eigenvalue weighted by atomic mass is 9.50. The summed E-state index contributed by atoms with van der Waals surface area (Å²) in [6, 6.07) is 7.24. The molecule has 6 fully saturated rings. The Morgan fingerprint density at radius 2 is 1.69 bits per heavy atom. The van der Waals surface area contributed by atoms with Crippen LogP contribution in [0.25, 0.3) is 0 Å². The number of likely N-dealkylation sites (tertiary alicyclic amines) is 1. The second kappa shape index (κ2) is 7.38. The number of carbonyl (C=O) groups is 1. The van der Waals surface area contributed by atoms with Crippen LogP contribution in [-0.2, 0) is 4.74 Å². The third-order valence-corrected chi connectivity index (χ3v) is 9.86. The Bertz CT molecular complexity index is 873. The van der Waals surface area contributed by atoms with Crippen molar-refractivity contribution in [2.45, 2.75) is 63.3 Å². The quantitative estimate of drug-likeness (QED) is 0.749. The molecule has 2 saturated heterocycles. The Hall–Kier alpha value is -1.75. The number of nitrogens with zero attached hydrogens (tertiary/aromatic N) is 2. The predicted molar refractivity (Wildman–Crippen MR) is 125 cm³/mol. The van der Waals surface area contributed by atoms with Gasteiger partial charge in [0.15, 0.2) is 0 Å². The third-order valence-electron chi connectivity index (χ3n) is 9.86. The van der Waals surface area contributed by atoms with E-state index in [1.165, 1.54) is 55.3 Å². The summed E-state index contributed by atoms with van der Waals surface area (Å²) < 4.78 is 6.15. The van der Waals surface area contributed by atoms with Gasteiger partial charge in [0, 0.05) is 43.8 Å². The number of amides is 1. The minimum atomic E-state index is -0.0513. The van der Waals surface area contributed by atoms with Gasteiger partial charge < -0.3 is 19.9 Å². The van der Waals surface area contributed by atoms with Crippen LogP contribution in [0, 0.1) is 23.2 Å². The molecule has 2 aliphatic heterocycles. The van der Waals surface area contributed by atoms with Crippen LogP contribution in [-0.4, -0.2) is 50.3 Å². The number of piperidine rings is 1. The Balaban J connectivity index is 1.07. The molecule has 1 amide bonds. The van der Waals surface area contributed by atoms with E-state index in [2.05, 4.69) is 33.3 Å². The second-order valence-corrected chi connectivity index (χ2v) is 12.0. The van der Waals surface area contributed by atoms with Gasteiger partial charge in [-0.25, -0.2) is 4.79 Å². The first-order valence-electron chi connectivity index (χ1n) is 13.2. The first-order valence-corrected chi connectivity index (χ1v) is 13.2. The highest BCUT2D eigenvalue weighted by atomic mass is 16.6. The molecule has 5 aliphatic carbocycles. The third kappa shape index (κ3) is 3.18. The molecule has 0 spiro atoms. The number of hydrogen-bond acceptors (Lipinski definition) is 4. The molecule has 2 unspecified atom stereocenters. The Labute approximate surface area is 191 Å². The molecule has 2 atom stereocenters. The van der Waals surface area contributed by atoms with Crippen molar-refractivity contribution < 1.29 is 9.53 Å². The molecule has 2 heterocycles. The summed E-state index contributed by atoms with van der Waals surface area (Å²) >= 11 is 0. The first kappa shape index (κ1) is 19.7. The van der Waals surface area contributed by atoms with Crippen molar-refractivity contribution in [3.05, 3.63) is 29.3 Å². The smallest absolute Gasteiger partial charge is 0.410 e. The average Bonchev–Trinajstić information content (AvgIpc) is 3.08. The monoisotopic (exact) mass is 435 g/mol. The maximum Gasteiger partial charge on any atom is 0.410 e. The molecule has 32 heavy (non-hydrogen) atoms. The van der Waals surface area contributed by atoms with E-state index in [-0.39, 0.29) is 12.1 Å². The van der Waals surface area contributed by atoms with Gasteiger partial charge in [-0.2, -0.15) is 0 Å². The SMILES string of the molecule is O=C(OCC12CC3CC(CC(C3)C1)C2)N1CCC2CC1c1cc(N3CCNCC3)ccc12. The minimum Gasteiger partial charge on any atom is -0.449 e. The van der Waals surface area contributed by atoms with Gasteiger partial charge in [-0.1, -0.05) is 6.07 Å². The molecule has 5 heteroatoms. The van der Waals surface area contributed by atoms with Crippen molar-refractivity contribution in [2.75, 3.05) is 44.2 Å². The molecule has 1 aromatic rings. The molecule has 172 valence electrons. The lowest BCUT2D eigenvalue weighted by molar-refractivity contribution is -0.0865. The fraction of sp³-hybridized carbons (Fsp3) is 0.741. The van der Waals surface area contributed by atoms with Crippen LogP contribution in [0.1, 0.15) is 74.5 Å². The van der Waals surface area contributed by atoms with Gasteiger partial charge in [-0.15, -0.1) is 0 Å². The van der Waals surface area contributed by atoms with E-state index in [4.69, 9.17) is 4.74 Å². The number of fused-ring (bicyclic) bond motifs is 5. The zero-order chi connectivity index (χ0) is 21.3. The van der Waals surface area contributed by atoms with Crippen LogP contribution >= 0.6 is 0 Å². The number of anilines is 1. The maximum atomic E-state index is 13.4.